The SMILES string of the molecule is O=C(NC1(C(=O)O)CCOC1)C(C(F)(F)F)C(F)(F)F. The normalized spacial score (nSPS) is 23.9. The number of hydrogen-bond acceptors (Lipinski definition) is 3. The van der Waals surface area contributed by atoms with Crippen molar-refractivity contribution in [1.82, 2.24) is 5.32 Å². The first-order chi connectivity index (χ1) is 8.90. The van der Waals surface area contributed by atoms with Crippen LogP contribution in [0.4, 0.5) is 26.3 Å². The van der Waals surface area contributed by atoms with Crippen LogP contribution in [0.2, 0.25) is 0 Å². The third-order valence-corrected chi connectivity index (χ3v) is 2.71. The van der Waals surface area contributed by atoms with E-state index in [-0.39, 0.29) is 6.61 Å². The van der Waals surface area contributed by atoms with E-state index in [1.165, 1.54) is 5.32 Å². The van der Waals surface area contributed by atoms with Gasteiger partial charge in [-0.3, -0.25) is 4.79 Å². The number of aliphatic carboxylic acids is 1. The van der Waals surface area contributed by atoms with E-state index in [0.29, 0.717) is 0 Å². The van der Waals surface area contributed by atoms with Gasteiger partial charge < -0.3 is 15.2 Å². The van der Waals surface area contributed by atoms with Gasteiger partial charge in [0, 0.05) is 13.0 Å². The summed E-state index contributed by atoms with van der Waals surface area (Å²) in [6, 6.07) is 0. The zero-order valence-electron chi connectivity index (χ0n) is 9.64. The third kappa shape index (κ3) is 3.32. The van der Waals surface area contributed by atoms with Crippen LogP contribution in [0, 0.1) is 5.92 Å². The smallest absolute Gasteiger partial charge is 0.409 e. The number of carbonyl (C=O) groups excluding carboxylic acids is 1. The molecule has 1 aliphatic rings. The lowest BCUT2D eigenvalue weighted by atomic mass is 9.97. The van der Waals surface area contributed by atoms with Gasteiger partial charge >= 0.3 is 18.3 Å². The summed E-state index contributed by atoms with van der Waals surface area (Å²) >= 11 is 0. The number of halogens is 6. The Labute approximate surface area is 107 Å². The fourth-order valence-electron chi connectivity index (χ4n) is 1.68. The molecule has 20 heavy (non-hydrogen) atoms. The number of alkyl halides is 6. The standard InChI is InChI=1S/C9H9F6NO4/c10-8(11,12)4(9(13,14)15)5(17)16-7(6(18)19)1-2-20-3-7/h4H,1-3H2,(H,16,17)(H,18,19). The molecule has 5 nitrogen and oxygen atoms in total. The zero-order valence-corrected chi connectivity index (χ0v) is 9.64. The fraction of sp³-hybridized carbons (Fsp3) is 0.778. The molecule has 1 rings (SSSR count). The van der Waals surface area contributed by atoms with Crippen LogP contribution in [0.25, 0.3) is 0 Å². The second-order valence-electron chi connectivity index (χ2n) is 4.20. The number of ether oxygens (including phenoxy) is 1. The maximum absolute atomic E-state index is 12.3. The Morgan fingerprint density at radius 3 is 1.95 bits per heavy atom. The van der Waals surface area contributed by atoms with Crippen LogP contribution in [0.1, 0.15) is 6.42 Å². The lowest BCUT2D eigenvalue weighted by molar-refractivity contribution is -0.274. The summed E-state index contributed by atoms with van der Waals surface area (Å²) in [5, 5.41) is 10.1. The summed E-state index contributed by atoms with van der Waals surface area (Å²) in [4.78, 5) is 22.2. The molecule has 116 valence electrons. The van der Waals surface area contributed by atoms with Crippen molar-refractivity contribution in [2.24, 2.45) is 5.92 Å². The van der Waals surface area contributed by atoms with Gasteiger partial charge in [0.2, 0.25) is 11.8 Å². The number of nitrogens with one attached hydrogen (secondary N) is 1. The maximum Gasteiger partial charge on any atom is 0.409 e. The largest absolute Gasteiger partial charge is 0.479 e. The third-order valence-electron chi connectivity index (χ3n) is 2.71. The minimum Gasteiger partial charge on any atom is -0.479 e. The van der Waals surface area contributed by atoms with Crippen LogP contribution in [0.3, 0.4) is 0 Å². The van der Waals surface area contributed by atoms with Gasteiger partial charge in [-0.1, -0.05) is 0 Å². The van der Waals surface area contributed by atoms with Gasteiger partial charge in [0.1, 0.15) is 0 Å². The summed E-state index contributed by atoms with van der Waals surface area (Å²) in [5.74, 6) is -8.50. The number of carboxylic acids is 1. The summed E-state index contributed by atoms with van der Waals surface area (Å²) in [6.07, 6.45) is -12.2. The average Bonchev–Trinajstić information content (AvgIpc) is 2.61. The summed E-state index contributed by atoms with van der Waals surface area (Å²) < 4.78 is 78.5. The lowest BCUT2D eigenvalue weighted by Gasteiger charge is -2.28. The van der Waals surface area contributed by atoms with Gasteiger partial charge in [0.05, 0.1) is 6.61 Å². The number of carboxylic acid groups (broad SMARTS) is 1. The number of amides is 1. The Morgan fingerprint density at radius 1 is 1.15 bits per heavy atom. The van der Waals surface area contributed by atoms with E-state index >= 15 is 0 Å². The van der Waals surface area contributed by atoms with Gasteiger partial charge in [-0.05, 0) is 0 Å². The molecule has 1 fully saturated rings. The van der Waals surface area contributed by atoms with Crippen LogP contribution < -0.4 is 5.32 Å². The molecular weight excluding hydrogens is 300 g/mol. The quantitative estimate of drug-likeness (QED) is 0.765. The lowest BCUT2D eigenvalue weighted by Crippen LogP contribution is -2.60. The predicted octanol–water partition coefficient (Wildman–Crippen LogP) is 1.09. The zero-order chi connectivity index (χ0) is 15.8. The molecule has 0 aromatic carbocycles. The molecule has 1 unspecified atom stereocenters. The molecule has 0 aliphatic carbocycles. The number of hydrogen-bond donors (Lipinski definition) is 2. The van der Waals surface area contributed by atoms with Crippen molar-refractivity contribution in [2.75, 3.05) is 13.2 Å². The van der Waals surface area contributed by atoms with Crippen molar-refractivity contribution in [3.63, 3.8) is 0 Å². The van der Waals surface area contributed by atoms with Gasteiger partial charge in [-0.15, -0.1) is 0 Å². The molecular formula is C9H9F6NO4. The topological polar surface area (TPSA) is 75.6 Å². The van der Waals surface area contributed by atoms with Gasteiger partial charge in [0.15, 0.2) is 5.54 Å². The molecule has 0 aromatic heterocycles. The van der Waals surface area contributed by atoms with E-state index in [4.69, 9.17) is 5.11 Å². The molecule has 0 bridgehead atoms. The van der Waals surface area contributed by atoms with Crippen LogP contribution in [0.15, 0.2) is 0 Å². The van der Waals surface area contributed by atoms with Crippen LogP contribution in [-0.4, -0.2) is 48.1 Å². The molecule has 1 saturated heterocycles. The molecule has 0 saturated carbocycles. The Balaban J connectivity index is 3.00. The van der Waals surface area contributed by atoms with Crippen molar-refractivity contribution in [3.8, 4) is 0 Å². The van der Waals surface area contributed by atoms with Crippen LogP contribution in [0.5, 0.6) is 0 Å². The Kier molecular flexibility index (Phi) is 4.22. The van der Waals surface area contributed by atoms with E-state index in [1.807, 2.05) is 0 Å². The Morgan fingerprint density at radius 2 is 1.65 bits per heavy atom. The highest BCUT2D eigenvalue weighted by Crippen LogP contribution is 2.39. The van der Waals surface area contributed by atoms with Crippen molar-refractivity contribution in [1.29, 1.82) is 0 Å². The average molecular weight is 309 g/mol. The highest BCUT2D eigenvalue weighted by atomic mass is 19.4. The van der Waals surface area contributed by atoms with E-state index in [0.717, 1.165) is 0 Å². The first-order valence-electron chi connectivity index (χ1n) is 5.17. The minimum absolute atomic E-state index is 0.199. The van der Waals surface area contributed by atoms with E-state index < -0.39 is 48.7 Å². The van der Waals surface area contributed by atoms with Gasteiger partial charge in [0.25, 0.3) is 0 Å². The molecule has 0 radical (unpaired) electrons. The van der Waals surface area contributed by atoms with Gasteiger partial charge in [-0.2, -0.15) is 26.3 Å². The van der Waals surface area contributed by atoms with Crippen molar-refractivity contribution in [2.45, 2.75) is 24.3 Å². The molecule has 0 spiro atoms. The molecule has 1 amide bonds. The maximum atomic E-state index is 12.3. The van der Waals surface area contributed by atoms with Crippen LogP contribution in [-0.2, 0) is 14.3 Å². The molecule has 1 atom stereocenters. The first-order valence-corrected chi connectivity index (χ1v) is 5.17. The molecule has 11 heteroatoms. The predicted molar refractivity (Wildman–Crippen MR) is 49.5 cm³/mol. The van der Waals surface area contributed by atoms with Crippen molar-refractivity contribution in [3.05, 3.63) is 0 Å². The highest BCUT2D eigenvalue weighted by molar-refractivity contribution is 5.89. The second kappa shape index (κ2) is 5.11. The van der Waals surface area contributed by atoms with E-state index in [9.17, 15) is 35.9 Å². The minimum atomic E-state index is -5.87. The second-order valence-corrected chi connectivity index (χ2v) is 4.20. The monoisotopic (exact) mass is 309 g/mol. The van der Waals surface area contributed by atoms with Crippen molar-refractivity contribution >= 4 is 11.9 Å². The first kappa shape index (κ1) is 16.5. The molecule has 1 heterocycles. The number of rotatable bonds is 3. The molecule has 0 aromatic rings. The molecule has 1 aliphatic heterocycles. The summed E-state index contributed by atoms with van der Waals surface area (Å²) in [5.41, 5.74) is -2.27. The Bertz CT molecular complexity index is 384. The van der Waals surface area contributed by atoms with E-state index in [2.05, 4.69) is 4.74 Å². The van der Waals surface area contributed by atoms with E-state index in [1.54, 1.807) is 0 Å². The number of carbonyl (C=O) groups is 2. The fourth-order valence-corrected chi connectivity index (χ4v) is 1.68. The van der Waals surface area contributed by atoms with Crippen LogP contribution >= 0.6 is 0 Å². The Hall–Kier alpha value is -1.52. The summed E-state index contributed by atoms with van der Waals surface area (Å²) in [7, 11) is 0. The van der Waals surface area contributed by atoms with Gasteiger partial charge in [-0.25, -0.2) is 4.79 Å². The summed E-state index contributed by atoms with van der Waals surface area (Å²) in [6.45, 7) is -0.897. The highest BCUT2D eigenvalue weighted by Gasteiger charge is 2.62. The molecule has 2 N–H and O–H groups in total. The van der Waals surface area contributed by atoms with Crippen molar-refractivity contribution < 1.29 is 45.8 Å².